The van der Waals surface area contributed by atoms with Gasteiger partial charge in [-0.05, 0) is 26.2 Å². The van der Waals surface area contributed by atoms with Gasteiger partial charge in [0.25, 0.3) is 0 Å². The number of nitrogens with zero attached hydrogens (tertiary/aromatic N) is 1. The molecule has 19 heavy (non-hydrogen) atoms. The summed E-state index contributed by atoms with van der Waals surface area (Å²) in [4.78, 5) is 25.6. The largest absolute Gasteiger partial charge is 0.379 e. The van der Waals surface area contributed by atoms with Gasteiger partial charge in [-0.1, -0.05) is 12.8 Å². The third kappa shape index (κ3) is 4.20. The number of ether oxygens (including phenoxy) is 1. The molecule has 2 saturated heterocycles. The zero-order chi connectivity index (χ0) is 13.7. The maximum absolute atomic E-state index is 12.3. The third-order valence-corrected chi connectivity index (χ3v) is 3.92. The van der Waals surface area contributed by atoms with Gasteiger partial charge in [-0.3, -0.25) is 4.79 Å². The van der Waals surface area contributed by atoms with E-state index in [1.807, 2.05) is 4.90 Å². The third-order valence-electron chi connectivity index (χ3n) is 3.92. The molecule has 5 heteroatoms. The molecular formula is C14H24N2O3. The SMILES string of the molecule is CC(=O)CC1CCCCCN1C(=O)NC1CCOC1. The molecular weight excluding hydrogens is 244 g/mol. The van der Waals surface area contributed by atoms with Gasteiger partial charge in [0, 0.05) is 25.6 Å². The molecule has 2 atom stereocenters. The number of urea groups is 1. The molecule has 2 rings (SSSR count). The van der Waals surface area contributed by atoms with E-state index in [2.05, 4.69) is 5.32 Å². The van der Waals surface area contributed by atoms with Crippen LogP contribution in [0.3, 0.4) is 0 Å². The Morgan fingerprint density at radius 3 is 2.79 bits per heavy atom. The van der Waals surface area contributed by atoms with Crippen molar-refractivity contribution >= 4 is 11.8 Å². The number of likely N-dealkylation sites (tertiary alicyclic amines) is 1. The molecule has 0 saturated carbocycles. The van der Waals surface area contributed by atoms with Gasteiger partial charge in [-0.2, -0.15) is 0 Å². The fourth-order valence-corrected chi connectivity index (χ4v) is 2.89. The highest BCUT2D eigenvalue weighted by molar-refractivity contribution is 5.79. The van der Waals surface area contributed by atoms with E-state index in [1.54, 1.807) is 6.92 Å². The van der Waals surface area contributed by atoms with Crippen molar-refractivity contribution in [3.8, 4) is 0 Å². The number of hydrogen-bond donors (Lipinski definition) is 1. The second-order valence-corrected chi connectivity index (χ2v) is 5.61. The van der Waals surface area contributed by atoms with Crippen molar-refractivity contribution < 1.29 is 14.3 Å². The molecule has 2 aliphatic heterocycles. The second kappa shape index (κ2) is 6.89. The van der Waals surface area contributed by atoms with E-state index in [0.29, 0.717) is 13.0 Å². The first kappa shape index (κ1) is 14.3. The standard InChI is InChI=1S/C14H24N2O3/c1-11(17)9-13-5-3-2-4-7-16(13)14(18)15-12-6-8-19-10-12/h12-13H,2-10H2,1H3,(H,15,18). The summed E-state index contributed by atoms with van der Waals surface area (Å²) in [6.45, 7) is 3.70. The van der Waals surface area contributed by atoms with Gasteiger partial charge in [0.15, 0.2) is 0 Å². The summed E-state index contributed by atoms with van der Waals surface area (Å²) in [6, 6.07) is 0.180. The molecule has 0 aromatic rings. The summed E-state index contributed by atoms with van der Waals surface area (Å²) in [5.41, 5.74) is 0. The first-order valence-corrected chi connectivity index (χ1v) is 7.31. The molecule has 2 unspecified atom stereocenters. The van der Waals surface area contributed by atoms with E-state index in [-0.39, 0.29) is 23.9 Å². The summed E-state index contributed by atoms with van der Waals surface area (Å²) in [5.74, 6) is 0.161. The van der Waals surface area contributed by atoms with E-state index in [4.69, 9.17) is 4.74 Å². The monoisotopic (exact) mass is 268 g/mol. The van der Waals surface area contributed by atoms with Crippen LogP contribution in [0.25, 0.3) is 0 Å². The summed E-state index contributed by atoms with van der Waals surface area (Å²) in [6.07, 6.45) is 5.59. The summed E-state index contributed by atoms with van der Waals surface area (Å²) in [7, 11) is 0. The lowest BCUT2D eigenvalue weighted by molar-refractivity contribution is -0.118. The van der Waals surface area contributed by atoms with Crippen LogP contribution in [0, 0.1) is 0 Å². The average Bonchev–Trinajstić information content (AvgIpc) is 2.74. The smallest absolute Gasteiger partial charge is 0.317 e. The Balaban J connectivity index is 1.95. The number of rotatable bonds is 3. The van der Waals surface area contributed by atoms with E-state index in [0.717, 1.165) is 45.3 Å². The van der Waals surface area contributed by atoms with Crippen LogP contribution in [0.1, 0.15) is 45.4 Å². The molecule has 5 nitrogen and oxygen atoms in total. The van der Waals surface area contributed by atoms with Crippen molar-refractivity contribution in [3.05, 3.63) is 0 Å². The van der Waals surface area contributed by atoms with Gasteiger partial charge in [-0.15, -0.1) is 0 Å². The predicted molar refractivity (Wildman–Crippen MR) is 72.0 cm³/mol. The number of amides is 2. The van der Waals surface area contributed by atoms with E-state index < -0.39 is 0 Å². The molecule has 2 heterocycles. The summed E-state index contributed by atoms with van der Waals surface area (Å²) >= 11 is 0. The molecule has 0 aromatic heterocycles. The molecule has 0 aliphatic carbocycles. The molecule has 0 bridgehead atoms. The van der Waals surface area contributed by atoms with Gasteiger partial charge in [0.1, 0.15) is 5.78 Å². The van der Waals surface area contributed by atoms with Crippen LogP contribution in [0.2, 0.25) is 0 Å². The highest BCUT2D eigenvalue weighted by Gasteiger charge is 2.28. The first-order valence-electron chi connectivity index (χ1n) is 7.31. The molecule has 2 fully saturated rings. The Kier molecular flexibility index (Phi) is 5.19. The lowest BCUT2D eigenvalue weighted by Gasteiger charge is -2.30. The lowest BCUT2D eigenvalue weighted by Crippen LogP contribution is -2.49. The Hall–Kier alpha value is -1.10. The van der Waals surface area contributed by atoms with E-state index in [1.165, 1.54) is 0 Å². The van der Waals surface area contributed by atoms with Crippen molar-refractivity contribution in [2.24, 2.45) is 0 Å². The molecule has 2 amide bonds. The summed E-state index contributed by atoms with van der Waals surface area (Å²) < 4.78 is 5.27. The number of hydrogen-bond acceptors (Lipinski definition) is 3. The van der Waals surface area contributed by atoms with Crippen LogP contribution in [0.5, 0.6) is 0 Å². The van der Waals surface area contributed by atoms with Crippen molar-refractivity contribution in [2.75, 3.05) is 19.8 Å². The van der Waals surface area contributed by atoms with Crippen molar-refractivity contribution in [1.82, 2.24) is 10.2 Å². The van der Waals surface area contributed by atoms with Crippen LogP contribution in [0.4, 0.5) is 4.79 Å². The number of ketones is 1. The first-order chi connectivity index (χ1) is 9.16. The normalized spacial score (nSPS) is 27.9. The fourth-order valence-electron chi connectivity index (χ4n) is 2.89. The quantitative estimate of drug-likeness (QED) is 0.847. The Morgan fingerprint density at radius 2 is 2.11 bits per heavy atom. The van der Waals surface area contributed by atoms with E-state index >= 15 is 0 Å². The van der Waals surface area contributed by atoms with Crippen molar-refractivity contribution in [2.45, 2.75) is 57.5 Å². The lowest BCUT2D eigenvalue weighted by atomic mass is 10.0. The molecule has 2 aliphatic rings. The molecule has 0 radical (unpaired) electrons. The van der Waals surface area contributed by atoms with Gasteiger partial charge in [0.2, 0.25) is 0 Å². The van der Waals surface area contributed by atoms with Crippen LogP contribution in [-0.2, 0) is 9.53 Å². The Labute approximate surface area is 114 Å². The van der Waals surface area contributed by atoms with E-state index in [9.17, 15) is 9.59 Å². The van der Waals surface area contributed by atoms with Crippen molar-refractivity contribution in [3.63, 3.8) is 0 Å². The van der Waals surface area contributed by atoms with Crippen molar-refractivity contribution in [1.29, 1.82) is 0 Å². The maximum atomic E-state index is 12.3. The van der Waals surface area contributed by atoms with Crippen LogP contribution < -0.4 is 5.32 Å². The minimum Gasteiger partial charge on any atom is -0.379 e. The zero-order valence-electron chi connectivity index (χ0n) is 11.7. The van der Waals surface area contributed by atoms with Gasteiger partial charge < -0.3 is 15.0 Å². The molecule has 0 aromatic carbocycles. The second-order valence-electron chi connectivity index (χ2n) is 5.61. The minimum atomic E-state index is -0.0244. The molecule has 0 spiro atoms. The van der Waals surface area contributed by atoms with Crippen LogP contribution in [0.15, 0.2) is 0 Å². The van der Waals surface area contributed by atoms with Crippen LogP contribution in [-0.4, -0.2) is 48.6 Å². The molecule has 1 N–H and O–H groups in total. The van der Waals surface area contributed by atoms with Gasteiger partial charge >= 0.3 is 6.03 Å². The number of carbonyl (C=O) groups is 2. The summed E-state index contributed by atoms with van der Waals surface area (Å²) in [5, 5.41) is 3.03. The van der Waals surface area contributed by atoms with Crippen LogP contribution >= 0.6 is 0 Å². The number of nitrogens with one attached hydrogen (secondary N) is 1. The Morgan fingerprint density at radius 1 is 1.26 bits per heavy atom. The van der Waals surface area contributed by atoms with Gasteiger partial charge in [0.05, 0.1) is 12.6 Å². The minimum absolute atomic E-state index is 0.0244. The van der Waals surface area contributed by atoms with Gasteiger partial charge in [-0.25, -0.2) is 4.79 Å². The zero-order valence-corrected chi connectivity index (χ0v) is 11.7. The predicted octanol–water partition coefficient (Wildman–Crippen LogP) is 1.71. The Bertz CT molecular complexity index is 327. The molecule has 108 valence electrons. The average molecular weight is 268 g/mol. The maximum Gasteiger partial charge on any atom is 0.317 e. The number of carbonyl (C=O) groups excluding carboxylic acids is 2. The number of Topliss-reactive ketones (excluding diaryl/α,β-unsaturated/α-hetero) is 1. The highest BCUT2D eigenvalue weighted by Crippen LogP contribution is 2.20. The topological polar surface area (TPSA) is 58.6 Å². The highest BCUT2D eigenvalue weighted by atomic mass is 16.5. The fraction of sp³-hybridized carbons (Fsp3) is 0.857.